The van der Waals surface area contributed by atoms with Gasteiger partial charge in [0.15, 0.2) is 0 Å². The third-order valence-corrected chi connectivity index (χ3v) is 4.99. The van der Waals surface area contributed by atoms with Crippen LogP contribution in [0.15, 0.2) is 0 Å². The minimum absolute atomic E-state index is 0.0791. The van der Waals surface area contributed by atoms with Gasteiger partial charge in [0.25, 0.3) is 0 Å². The number of amides is 2. The van der Waals surface area contributed by atoms with Crippen LogP contribution in [0.25, 0.3) is 0 Å². The number of rotatable bonds is 16. The zero-order valence-electron chi connectivity index (χ0n) is 17.4. The molecule has 30 heavy (non-hydrogen) atoms. The van der Waals surface area contributed by atoms with E-state index in [0.717, 1.165) is 19.1 Å². The van der Waals surface area contributed by atoms with E-state index in [9.17, 15) is 24.3 Å². The summed E-state index contributed by atoms with van der Waals surface area (Å²) < 4.78 is 5.02. The van der Waals surface area contributed by atoms with Gasteiger partial charge in [0.05, 0.1) is 38.0 Å². The van der Waals surface area contributed by atoms with Crippen molar-refractivity contribution in [1.29, 1.82) is 0 Å². The molecule has 1 aliphatic carbocycles. The smallest absolute Gasteiger partial charge is 0.220 e. The molecule has 0 heterocycles. The van der Waals surface area contributed by atoms with E-state index >= 15 is 0 Å². The zero-order chi connectivity index (χ0) is 22.2. The fourth-order valence-electron chi connectivity index (χ4n) is 3.28. The Balaban J connectivity index is 2.22. The summed E-state index contributed by atoms with van der Waals surface area (Å²) >= 11 is 0. The van der Waals surface area contributed by atoms with E-state index in [1.807, 2.05) is 0 Å². The number of hydrogen-bond donors (Lipinski definition) is 5. The predicted octanol–water partition coefficient (Wildman–Crippen LogP) is -1.18. The number of ether oxygens (including phenoxy) is 1. The van der Waals surface area contributed by atoms with Gasteiger partial charge in [-0.05, 0) is 38.5 Å². The van der Waals surface area contributed by atoms with E-state index in [1.165, 1.54) is 0 Å². The zero-order valence-corrected chi connectivity index (χ0v) is 17.4. The Morgan fingerprint density at radius 3 is 2.23 bits per heavy atom. The average molecular weight is 430 g/mol. The van der Waals surface area contributed by atoms with Gasteiger partial charge >= 0.3 is 0 Å². The molecule has 0 radical (unpaired) electrons. The average Bonchev–Trinajstić information content (AvgIpc) is 2.75. The molecule has 2 amide bonds. The molecule has 1 aliphatic rings. The van der Waals surface area contributed by atoms with Crippen LogP contribution in [-0.2, 0) is 23.9 Å². The number of aliphatic hydroxyl groups excluding tert-OH is 2. The number of nitrogens with one attached hydrogen (secondary N) is 3. The minimum atomic E-state index is -0.767. The van der Waals surface area contributed by atoms with Crippen molar-refractivity contribution < 1.29 is 34.1 Å². The van der Waals surface area contributed by atoms with Gasteiger partial charge in [0, 0.05) is 25.4 Å². The van der Waals surface area contributed by atoms with Gasteiger partial charge in [0.1, 0.15) is 12.6 Å². The molecule has 0 aliphatic heterocycles. The Kier molecular flexibility index (Phi) is 13.9. The van der Waals surface area contributed by atoms with Crippen molar-refractivity contribution in [2.24, 2.45) is 0 Å². The predicted molar refractivity (Wildman–Crippen MR) is 109 cm³/mol. The Labute approximate surface area is 177 Å². The molecule has 1 rings (SSSR count). The fraction of sp³-hybridized carbons (Fsp3) is 0.800. The molecule has 0 aromatic carbocycles. The van der Waals surface area contributed by atoms with Gasteiger partial charge in [-0.25, -0.2) is 0 Å². The summed E-state index contributed by atoms with van der Waals surface area (Å²) in [6.07, 6.45) is 4.75. The molecule has 1 saturated carbocycles. The second-order valence-corrected chi connectivity index (χ2v) is 7.49. The van der Waals surface area contributed by atoms with E-state index in [-0.39, 0.29) is 63.0 Å². The van der Waals surface area contributed by atoms with Crippen molar-refractivity contribution in [3.63, 3.8) is 0 Å². The van der Waals surface area contributed by atoms with Crippen LogP contribution in [0.1, 0.15) is 51.4 Å². The lowest BCUT2D eigenvalue weighted by atomic mass is 9.92. The van der Waals surface area contributed by atoms with Crippen molar-refractivity contribution in [3.05, 3.63) is 0 Å². The Morgan fingerprint density at radius 2 is 1.60 bits per heavy atom. The van der Waals surface area contributed by atoms with Crippen LogP contribution < -0.4 is 16.0 Å². The number of hydrogen-bond acceptors (Lipinski definition) is 8. The van der Waals surface area contributed by atoms with Crippen LogP contribution in [0.5, 0.6) is 0 Å². The fourth-order valence-corrected chi connectivity index (χ4v) is 3.28. The van der Waals surface area contributed by atoms with Gasteiger partial charge in [-0.3, -0.25) is 9.59 Å². The summed E-state index contributed by atoms with van der Waals surface area (Å²) in [6, 6.07) is -1.07. The van der Waals surface area contributed by atoms with Crippen LogP contribution >= 0.6 is 0 Å². The van der Waals surface area contributed by atoms with Crippen molar-refractivity contribution in [3.8, 4) is 0 Å². The molecular formula is C20H35N3O7. The van der Waals surface area contributed by atoms with E-state index in [4.69, 9.17) is 9.84 Å². The Hall–Kier alpha value is -1.88. The Bertz CT molecular complexity index is 525. The first kappa shape index (κ1) is 26.2. The van der Waals surface area contributed by atoms with Crippen LogP contribution in [0, 0.1) is 0 Å². The molecular weight excluding hydrogens is 394 g/mol. The second kappa shape index (κ2) is 15.9. The summed E-state index contributed by atoms with van der Waals surface area (Å²) in [6.45, 7) is 0.715. The maximum Gasteiger partial charge on any atom is 0.220 e. The molecule has 5 N–H and O–H groups in total. The normalized spacial score (nSPS) is 20.7. The molecule has 0 spiro atoms. The molecule has 2 unspecified atom stereocenters. The lowest BCUT2D eigenvalue weighted by Crippen LogP contribution is -2.43. The first-order chi connectivity index (χ1) is 14.5. The van der Waals surface area contributed by atoms with E-state index in [1.54, 1.807) is 0 Å². The van der Waals surface area contributed by atoms with Crippen molar-refractivity contribution >= 4 is 24.4 Å². The monoisotopic (exact) mass is 429 g/mol. The summed E-state index contributed by atoms with van der Waals surface area (Å²) in [4.78, 5) is 46.3. The van der Waals surface area contributed by atoms with E-state index < -0.39 is 12.1 Å². The lowest BCUT2D eigenvalue weighted by Gasteiger charge is -2.28. The number of aliphatic hydroxyl groups is 2. The second-order valence-electron chi connectivity index (χ2n) is 7.49. The maximum absolute atomic E-state index is 12.1. The highest BCUT2D eigenvalue weighted by Crippen LogP contribution is 2.19. The van der Waals surface area contributed by atoms with Crippen LogP contribution in [0.3, 0.4) is 0 Å². The highest BCUT2D eigenvalue weighted by Gasteiger charge is 2.22. The van der Waals surface area contributed by atoms with Crippen LogP contribution in [0.4, 0.5) is 0 Å². The Morgan fingerprint density at radius 1 is 0.967 bits per heavy atom. The third kappa shape index (κ3) is 12.0. The molecule has 1 fully saturated rings. The molecule has 0 saturated heterocycles. The van der Waals surface area contributed by atoms with Gasteiger partial charge in [-0.15, -0.1) is 0 Å². The largest absolute Gasteiger partial charge is 0.394 e. The maximum atomic E-state index is 12.1. The molecule has 0 aromatic heterocycles. The van der Waals surface area contributed by atoms with Gasteiger partial charge in [0.2, 0.25) is 11.8 Å². The first-order valence-electron chi connectivity index (χ1n) is 10.6. The number of carbonyl (C=O) groups excluding carboxylic acids is 4. The van der Waals surface area contributed by atoms with Crippen molar-refractivity contribution in [1.82, 2.24) is 16.0 Å². The van der Waals surface area contributed by atoms with Crippen LogP contribution in [0.2, 0.25) is 0 Å². The van der Waals surface area contributed by atoms with E-state index in [2.05, 4.69) is 16.0 Å². The molecule has 0 aromatic rings. The topological polar surface area (TPSA) is 154 Å². The third-order valence-electron chi connectivity index (χ3n) is 4.99. The summed E-state index contributed by atoms with van der Waals surface area (Å²) in [5.74, 6) is -0.607. The molecule has 2 atom stereocenters. The molecule has 172 valence electrons. The van der Waals surface area contributed by atoms with Crippen molar-refractivity contribution in [2.75, 3.05) is 26.4 Å². The van der Waals surface area contributed by atoms with E-state index in [0.29, 0.717) is 32.1 Å². The summed E-state index contributed by atoms with van der Waals surface area (Å²) in [5, 5.41) is 26.5. The van der Waals surface area contributed by atoms with Gasteiger partial charge < -0.3 is 40.5 Å². The quantitative estimate of drug-likeness (QED) is 0.152. The SMILES string of the molecule is O=CC(CCC(=O)NCCOCCO)NC(=O)CCC(C=O)NC1CCC(O)CC1. The lowest BCUT2D eigenvalue weighted by molar-refractivity contribution is -0.125. The molecule has 10 heteroatoms. The standard InChI is InChI=1S/C20H35N3O7/c24-10-12-30-11-9-21-19(28)7-3-17(14-26)23-20(29)8-4-16(13-25)22-15-1-5-18(27)6-2-15/h13-18,22,24,27H,1-12H2,(H,21,28)(H,23,29). The van der Waals surface area contributed by atoms with Gasteiger partial charge in [-0.1, -0.05) is 0 Å². The van der Waals surface area contributed by atoms with Crippen molar-refractivity contribution in [2.45, 2.75) is 75.6 Å². The number of carbonyl (C=O) groups is 4. The molecule has 10 nitrogen and oxygen atoms in total. The summed E-state index contributed by atoms with van der Waals surface area (Å²) in [5.41, 5.74) is 0. The van der Waals surface area contributed by atoms with Gasteiger partial charge in [-0.2, -0.15) is 0 Å². The summed E-state index contributed by atoms with van der Waals surface area (Å²) in [7, 11) is 0. The highest BCUT2D eigenvalue weighted by atomic mass is 16.5. The van der Waals surface area contributed by atoms with Crippen LogP contribution in [-0.4, -0.2) is 85.2 Å². The highest BCUT2D eigenvalue weighted by molar-refractivity contribution is 5.81. The number of aldehydes is 2. The molecule has 0 bridgehead atoms. The first-order valence-corrected chi connectivity index (χ1v) is 10.6. The minimum Gasteiger partial charge on any atom is -0.394 e.